The quantitative estimate of drug-likeness (QED) is 0.826. The van der Waals surface area contributed by atoms with E-state index in [-0.39, 0.29) is 0 Å². The number of aryl methyl sites for hydroxylation is 2. The van der Waals surface area contributed by atoms with Crippen LogP contribution in [0.2, 0.25) is 0 Å². The van der Waals surface area contributed by atoms with E-state index >= 15 is 0 Å². The third kappa shape index (κ3) is 2.49. The van der Waals surface area contributed by atoms with Crippen molar-refractivity contribution in [3.8, 4) is 0 Å². The predicted octanol–water partition coefficient (Wildman–Crippen LogP) is 2.21. The Kier molecular flexibility index (Phi) is 3.35. The summed E-state index contributed by atoms with van der Waals surface area (Å²) in [6.07, 6.45) is 0. The minimum absolute atomic E-state index is 0.509. The van der Waals surface area contributed by atoms with Gasteiger partial charge < -0.3 is 10.0 Å². The zero-order valence-electron chi connectivity index (χ0n) is 9.61. The first-order valence-electron chi connectivity index (χ1n) is 4.96. The molecule has 1 atom stereocenters. The maximum absolute atomic E-state index is 10.9. The lowest BCUT2D eigenvalue weighted by atomic mass is 10.1. The molecule has 0 unspecified atom stereocenters. The lowest BCUT2D eigenvalue weighted by molar-refractivity contribution is -0.138. The van der Waals surface area contributed by atoms with Crippen LogP contribution in [0.1, 0.15) is 18.1 Å². The van der Waals surface area contributed by atoms with Gasteiger partial charge in [0.25, 0.3) is 0 Å². The van der Waals surface area contributed by atoms with Gasteiger partial charge in [0.2, 0.25) is 0 Å². The van der Waals surface area contributed by atoms with Gasteiger partial charge in [-0.2, -0.15) is 0 Å². The number of hydrogen-bond donors (Lipinski definition) is 1. The Balaban J connectivity index is 3.04. The highest BCUT2D eigenvalue weighted by Gasteiger charge is 2.18. The largest absolute Gasteiger partial charge is 0.480 e. The third-order valence-electron chi connectivity index (χ3n) is 2.68. The summed E-state index contributed by atoms with van der Waals surface area (Å²) in [5, 5.41) is 8.93. The summed E-state index contributed by atoms with van der Waals surface area (Å²) in [6, 6.07) is 5.54. The Bertz CT molecular complexity index is 374. The maximum atomic E-state index is 10.9. The molecule has 1 aromatic carbocycles. The number of likely N-dealkylation sites (N-methyl/N-ethyl adjacent to an activating group) is 1. The number of nitrogens with zero attached hydrogens (tertiary/aromatic N) is 1. The Labute approximate surface area is 90.3 Å². The normalized spacial score (nSPS) is 12.3. The molecule has 1 aromatic rings. The molecule has 15 heavy (non-hydrogen) atoms. The monoisotopic (exact) mass is 207 g/mol. The summed E-state index contributed by atoms with van der Waals surface area (Å²) in [7, 11) is 1.81. The number of carboxylic acids is 1. The van der Waals surface area contributed by atoms with Crippen molar-refractivity contribution in [2.45, 2.75) is 26.8 Å². The van der Waals surface area contributed by atoms with Crippen LogP contribution < -0.4 is 4.90 Å². The van der Waals surface area contributed by atoms with Crippen molar-refractivity contribution in [3.63, 3.8) is 0 Å². The van der Waals surface area contributed by atoms with Crippen LogP contribution in [-0.4, -0.2) is 24.2 Å². The van der Waals surface area contributed by atoms with Crippen LogP contribution >= 0.6 is 0 Å². The van der Waals surface area contributed by atoms with Gasteiger partial charge in [-0.1, -0.05) is 12.1 Å². The van der Waals surface area contributed by atoms with E-state index in [1.165, 1.54) is 0 Å². The van der Waals surface area contributed by atoms with Crippen molar-refractivity contribution in [3.05, 3.63) is 29.3 Å². The minimum atomic E-state index is -0.807. The van der Waals surface area contributed by atoms with Crippen LogP contribution in [0, 0.1) is 13.8 Å². The van der Waals surface area contributed by atoms with Gasteiger partial charge in [-0.05, 0) is 38.0 Å². The Morgan fingerprint density at radius 2 is 2.00 bits per heavy atom. The molecule has 0 heterocycles. The van der Waals surface area contributed by atoms with Gasteiger partial charge in [0.1, 0.15) is 6.04 Å². The molecule has 0 bridgehead atoms. The second kappa shape index (κ2) is 4.34. The first-order chi connectivity index (χ1) is 6.93. The summed E-state index contributed by atoms with van der Waals surface area (Å²) in [5.74, 6) is -0.807. The topological polar surface area (TPSA) is 40.5 Å². The number of anilines is 1. The van der Waals surface area contributed by atoms with E-state index in [0.29, 0.717) is 0 Å². The van der Waals surface area contributed by atoms with Crippen LogP contribution in [0.4, 0.5) is 5.69 Å². The Morgan fingerprint density at radius 3 is 2.53 bits per heavy atom. The lowest BCUT2D eigenvalue weighted by Crippen LogP contribution is -2.36. The van der Waals surface area contributed by atoms with Gasteiger partial charge in [-0.3, -0.25) is 0 Å². The highest BCUT2D eigenvalue weighted by Crippen LogP contribution is 2.21. The van der Waals surface area contributed by atoms with Crippen LogP contribution in [0.25, 0.3) is 0 Å². The van der Waals surface area contributed by atoms with E-state index in [4.69, 9.17) is 5.11 Å². The van der Waals surface area contributed by atoms with Gasteiger partial charge in [0.05, 0.1) is 0 Å². The molecule has 0 saturated heterocycles. The molecule has 0 fully saturated rings. The summed E-state index contributed by atoms with van der Waals surface area (Å²) in [5.41, 5.74) is 3.21. The van der Waals surface area contributed by atoms with Gasteiger partial charge in [0, 0.05) is 12.7 Å². The predicted molar refractivity (Wildman–Crippen MR) is 61.4 cm³/mol. The van der Waals surface area contributed by atoms with Crippen molar-refractivity contribution in [2.75, 3.05) is 11.9 Å². The summed E-state index contributed by atoms with van der Waals surface area (Å²) in [4.78, 5) is 12.7. The van der Waals surface area contributed by atoms with Crippen molar-refractivity contribution in [1.29, 1.82) is 0 Å². The van der Waals surface area contributed by atoms with Crippen molar-refractivity contribution < 1.29 is 9.90 Å². The number of carboxylic acid groups (broad SMARTS) is 1. The lowest BCUT2D eigenvalue weighted by Gasteiger charge is -2.25. The van der Waals surface area contributed by atoms with E-state index in [1.807, 2.05) is 32.0 Å². The molecule has 3 nitrogen and oxygen atoms in total. The molecule has 1 rings (SSSR count). The van der Waals surface area contributed by atoms with E-state index in [9.17, 15) is 4.79 Å². The highest BCUT2D eigenvalue weighted by atomic mass is 16.4. The van der Waals surface area contributed by atoms with Crippen LogP contribution in [0.15, 0.2) is 18.2 Å². The van der Waals surface area contributed by atoms with E-state index in [2.05, 4.69) is 0 Å². The van der Waals surface area contributed by atoms with Crippen molar-refractivity contribution in [2.24, 2.45) is 0 Å². The molecule has 0 saturated carbocycles. The molecule has 0 aliphatic carbocycles. The summed E-state index contributed by atoms with van der Waals surface area (Å²) < 4.78 is 0. The number of hydrogen-bond acceptors (Lipinski definition) is 2. The summed E-state index contributed by atoms with van der Waals surface area (Å²) in [6.45, 7) is 5.67. The van der Waals surface area contributed by atoms with Gasteiger partial charge in [-0.15, -0.1) is 0 Å². The van der Waals surface area contributed by atoms with Crippen LogP contribution in [0.5, 0.6) is 0 Å². The molecule has 0 aliphatic heterocycles. The zero-order chi connectivity index (χ0) is 11.6. The van der Waals surface area contributed by atoms with Crippen molar-refractivity contribution in [1.82, 2.24) is 0 Å². The van der Waals surface area contributed by atoms with E-state index < -0.39 is 12.0 Å². The average molecular weight is 207 g/mol. The minimum Gasteiger partial charge on any atom is -0.480 e. The Hall–Kier alpha value is -1.51. The molecule has 0 amide bonds. The second-order valence-corrected chi connectivity index (χ2v) is 3.92. The number of rotatable bonds is 3. The molecule has 0 aromatic heterocycles. The fourth-order valence-electron chi connectivity index (χ4n) is 1.47. The average Bonchev–Trinajstić information content (AvgIpc) is 2.19. The fraction of sp³-hybridized carbons (Fsp3) is 0.417. The first-order valence-corrected chi connectivity index (χ1v) is 4.96. The molecule has 0 radical (unpaired) electrons. The van der Waals surface area contributed by atoms with Crippen LogP contribution in [-0.2, 0) is 4.79 Å². The van der Waals surface area contributed by atoms with Crippen LogP contribution in [0.3, 0.4) is 0 Å². The molecule has 3 heteroatoms. The van der Waals surface area contributed by atoms with Gasteiger partial charge in [0.15, 0.2) is 0 Å². The first kappa shape index (κ1) is 11.6. The Morgan fingerprint density at radius 1 is 1.40 bits per heavy atom. The smallest absolute Gasteiger partial charge is 0.326 e. The van der Waals surface area contributed by atoms with Crippen molar-refractivity contribution >= 4 is 11.7 Å². The molecule has 1 N–H and O–H groups in total. The molecule has 0 spiro atoms. The molecular formula is C12H17NO2. The van der Waals surface area contributed by atoms with E-state index in [0.717, 1.165) is 16.8 Å². The summed E-state index contributed by atoms with van der Waals surface area (Å²) >= 11 is 0. The molecular weight excluding hydrogens is 190 g/mol. The zero-order valence-corrected chi connectivity index (χ0v) is 9.61. The number of carbonyl (C=O) groups is 1. The van der Waals surface area contributed by atoms with Gasteiger partial charge in [-0.25, -0.2) is 4.79 Å². The number of benzene rings is 1. The van der Waals surface area contributed by atoms with E-state index in [1.54, 1.807) is 18.9 Å². The standard InChI is InChI=1S/C12H17NO2/c1-8-5-6-9(2)11(7-8)13(4)10(3)12(14)15/h5-7,10H,1-4H3,(H,14,15)/t10-/m0/s1. The maximum Gasteiger partial charge on any atom is 0.326 e. The number of aliphatic carboxylic acids is 1. The molecule has 82 valence electrons. The third-order valence-corrected chi connectivity index (χ3v) is 2.68. The highest BCUT2D eigenvalue weighted by molar-refractivity contribution is 5.78. The fourth-order valence-corrected chi connectivity index (χ4v) is 1.47. The molecule has 0 aliphatic rings. The van der Waals surface area contributed by atoms with Gasteiger partial charge >= 0.3 is 5.97 Å². The SMILES string of the molecule is Cc1ccc(C)c(N(C)[C@@H](C)C(=O)O)c1. The second-order valence-electron chi connectivity index (χ2n) is 3.92.